The Kier molecular flexibility index (Phi) is 5.12. The molecule has 0 spiro atoms. The van der Waals surface area contributed by atoms with Gasteiger partial charge in [0, 0.05) is 12.2 Å². The minimum atomic E-state index is -4.64. The van der Waals surface area contributed by atoms with E-state index >= 15 is 0 Å². The minimum Gasteiger partial charge on any atom is -0.376 e. The summed E-state index contributed by atoms with van der Waals surface area (Å²) in [5.74, 6) is -3.88. The lowest BCUT2D eigenvalue weighted by Gasteiger charge is -2.20. The standard InChI is InChI=1S/C14H17F2NO4S/c1-9(12-3-2-8-21-12)17-13(18)10-4-6-11(7-5-10)22(19,20)14(15)16/h4-7,9,12,14H,2-3,8H2,1H3,(H,17,18)/t9-,12+/m1/s1. The van der Waals surface area contributed by atoms with Crippen LogP contribution in [0.5, 0.6) is 0 Å². The molecule has 0 aliphatic carbocycles. The number of ether oxygens (including phenoxy) is 1. The second-order valence-electron chi connectivity index (χ2n) is 5.14. The molecular formula is C14H17F2NO4S. The molecular weight excluding hydrogens is 316 g/mol. The highest BCUT2D eigenvalue weighted by Crippen LogP contribution is 2.19. The van der Waals surface area contributed by atoms with Crippen molar-refractivity contribution in [2.75, 3.05) is 6.61 Å². The van der Waals surface area contributed by atoms with Gasteiger partial charge in [0.2, 0.25) is 9.84 Å². The first-order valence-electron chi connectivity index (χ1n) is 6.87. The molecule has 1 aromatic rings. The number of rotatable bonds is 5. The van der Waals surface area contributed by atoms with Crippen molar-refractivity contribution in [3.8, 4) is 0 Å². The third kappa shape index (κ3) is 3.61. The number of nitrogens with one attached hydrogen (secondary N) is 1. The summed E-state index contributed by atoms with van der Waals surface area (Å²) < 4.78 is 52.9. The third-order valence-electron chi connectivity index (χ3n) is 3.56. The molecule has 1 saturated heterocycles. The van der Waals surface area contributed by atoms with E-state index in [4.69, 9.17) is 4.74 Å². The Morgan fingerprint density at radius 2 is 1.95 bits per heavy atom. The Balaban J connectivity index is 2.05. The highest BCUT2D eigenvalue weighted by Gasteiger charge is 2.27. The second-order valence-corrected chi connectivity index (χ2v) is 7.06. The van der Waals surface area contributed by atoms with Crippen LogP contribution in [0.15, 0.2) is 29.2 Å². The number of alkyl halides is 2. The molecule has 0 unspecified atom stereocenters. The molecule has 1 aliphatic heterocycles. The largest absolute Gasteiger partial charge is 0.376 e. The number of hydrogen-bond acceptors (Lipinski definition) is 4. The maximum absolute atomic E-state index is 12.4. The van der Waals surface area contributed by atoms with Crippen molar-refractivity contribution in [2.45, 2.75) is 42.6 Å². The third-order valence-corrected chi connectivity index (χ3v) is 4.96. The normalized spacial score (nSPS) is 20.1. The van der Waals surface area contributed by atoms with Gasteiger partial charge < -0.3 is 10.1 Å². The highest BCUT2D eigenvalue weighted by atomic mass is 32.2. The first-order chi connectivity index (χ1) is 10.3. The summed E-state index contributed by atoms with van der Waals surface area (Å²) in [6, 6.07) is 4.26. The molecule has 1 N–H and O–H groups in total. The van der Waals surface area contributed by atoms with Gasteiger partial charge in [-0.3, -0.25) is 4.79 Å². The van der Waals surface area contributed by atoms with E-state index in [1.165, 1.54) is 12.1 Å². The highest BCUT2D eigenvalue weighted by molar-refractivity contribution is 7.91. The summed E-state index contributed by atoms with van der Waals surface area (Å²) in [6.07, 6.45) is 1.78. The average molecular weight is 333 g/mol. The summed E-state index contributed by atoms with van der Waals surface area (Å²) in [7, 11) is -4.64. The fraction of sp³-hybridized carbons (Fsp3) is 0.500. The van der Waals surface area contributed by atoms with Crippen LogP contribution in [0, 0.1) is 0 Å². The molecule has 2 atom stereocenters. The zero-order valence-electron chi connectivity index (χ0n) is 12.0. The van der Waals surface area contributed by atoms with E-state index in [-0.39, 0.29) is 17.7 Å². The number of carbonyl (C=O) groups is 1. The lowest BCUT2D eigenvalue weighted by atomic mass is 10.1. The van der Waals surface area contributed by atoms with Crippen LogP contribution >= 0.6 is 0 Å². The van der Waals surface area contributed by atoms with Crippen LogP contribution < -0.4 is 5.32 Å². The SMILES string of the molecule is C[C@@H](NC(=O)c1ccc(S(=O)(=O)C(F)F)cc1)[C@@H]1CCCO1. The number of benzene rings is 1. The summed E-state index contributed by atoms with van der Waals surface area (Å²) in [4.78, 5) is 11.5. The molecule has 5 nitrogen and oxygen atoms in total. The Morgan fingerprint density at radius 1 is 1.32 bits per heavy atom. The predicted octanol–water partition coefficient (Wildman–Crippen LogP) is 1.98. The van der Waals surface area contributed by atoms with Gasteiger partial charge >= 0.3 is 5.76 Å². The summed E-state index contributed by atoms with van der Waals surface area (Å²) in [5, 5.41) is 2.76. The Bertz CT molecular complexity index is 625. The monoisotopic (exact) mass is 333 g/mol. The quantitative estimate of drug-likeness (QED) is 0.894. The topological polar surface area (TPSA) is 72.5 Å². The Morgan fingerprint density at radius 3 is 2.45 bits per heavy atom. The van der Waals surface area contributed by atoms with E-state index in [1.807, 2.05) is 6.92 Å². The molecule has 0 saturated carbocycles. The molecule has 0 bridgehead atoms. The van der Waals surface area contributed by atoms with Crippen LogP contribution in [0.25, 0.3) is 0 Å². The lowest BCUT2D eigenvalue weighted by molar-refractivity contribution is 0.0712. The Labute approximate surface area is 127 Å². The van der Waals surface area contributed by atoms with E-state index in [0.717, 1.165) is 25.0 Å². The van der Waals surface area contributed by atoms with Gasteiger partial charge in [-0.05, 0) is 44.0 Å². The number of amides is 1. The molecule has 1 aliphatic rings. The minimum absolute atomic E-state index is 0.0394. The summed E-state index contributed by atoms with van der Waals surface area (Å²) in [5.41, 5.74) is 0.207. The molecule has 1 amide bonds. The average Bonchev–Trinajstić information content (AvgIpc) is 3.01. The molecule has 2 rings (SSSR count). The molecule has 1 fully saturated rings. The van der Waals surface area contributed by atoms with Crippen LogP contribution in [0.1, 0.15) is 30.1 Å². The second kappa shape index (κ2) is 6.70. The maximum atomic E-state index is 12.4. The first-order valence-corrected chi connectivity index (χ1v) is 8.41. The fourth-order valence-electron chi connectivity index (χ4n) is 2.28. The molecule has 22 heavy (non-hydrogen) atoms. The molecule has 0 radical (unpaired) electrons. The van der Waals surface area contributed by atoms with Crippen molar-refractivity contribution in [3.63, 3.8) is 0 Å². The predicted molar refractivity (Wildman–Crippen MR) is 75.5 cm³/mol. The van der Waals surface area contributed by atoms with Crippen molar-refractivity contribution in [1.82, 2.24) is 5.32 Å². The molecule has 122 valence electrons. The van der Waals surface area contributed by atoms with Gasteiger partial charge in [-0.1, -0.05) is 0 Å². The number of halogens is 2. The van der Waals surface area contributed by atoms with Crippen LogP contribution in [0.2, 0.25) is 0 Å². The van der Waals surface area contributed by atoms with Crippen LogP contribution in [-0.2, 0) is 14.6 Å². The van der Waals surface area contributed by atoms with Gasteiger partial charge in [-0.15, -0.1) is 0 Å². The van der Waals surface area contributed by atoms with Gasteiger partial charge in [0.1, 0.15) is 0 Å². The summed E-state index contributed by atoms with van der Waals surface area (Å²) >= 11 is 0. The molecule has 0 aromatic heterocycles. The van der Waals surface area contributed by atoms with Crippen molar-refractivity contribution < 1.29 is 26.7 Å². The number of carbonyl (C=O) groups excluding carboxylic acids is 1. The van der Waals surface area contributed by atoms with E-state index < -0.39 is 26.4 Å². The van der Waals surface area contributed by atoms with Crippen molar-refractivity contribution >= 4 is 15.7 Å². The smallest absolute Gasteiger partial charge is 0.341 e. The van der Waals surface area contributed by atoms with Crippen LogP contribution in [0.3, 0.4) is 0 Å². The number of hydrogen-bond donors (Lipinski definition) is 1. The van der Waals surface area contributed by atoms with Gasteiger partial charge in [-0.25, -0.2) is 8.42 Å². The first kappa shape index (κ1) is 16.8. The van der Waals surface area contributed by atoms with Crippen molar-refractivity contribution in [1.29, 1.82) is 0 Å². The molecule has 1 aromatic carbocycles. The van der Waals surface area contributed by atoms with Gasteiger partial charge in [0.05, 0.1) is 17.0 Å². The van der Waals surface area contributed by atoms with E-state index in [2.05, 4.69) is 5.32 Å². The van der Waals surface area contributed by atoms with Gasteiger partial charge in [-0.2, -0.15) is 8.78 Å². The van der Waals surface area contributed by atoms with Crippen molar-refractivity contribution in [3.05, 3.63) is 29.8 Å². The zero-order chi connectivity index (χ0) is 16.3. The zero-order valence-corrected chi connectivity index (χ0v) is 12.8. The molecule has 8 heteroatoms. The van der Waals surface area contributed by atoms with E-state index in [1.54, 1.807) is 0 Å². The molecule has 1 heterocycles. The van der Waals surface area contributed by atoms with Gasteiger partial charge in [0.25, 0.3) is 5.91 Å². The lowest BCUT2D eigenvalue weighted by Crippen LogP contribution is -2.40. The van der Waals surface area contributed by atoms with Crippen LogP contribution in [-0.4, -0.2) is 38.8 Å². The van der Waals surface area contributed by atoms with E-state index in [9.17, 15) is 22.0 Å². The maximum Gasteiger partial charge on any atom is 0.341 e. The van der Waals surface area contributed by atoms with Gasteiger partial charge in [0.15, 0.2) is 0 Å². The van der Waals surface area contributed by atoms with Crippen LogP contribution in [0.4, 0.5) is 8.78 Å². The van der Waals surface area contributed by atoms with E-state index in [0.29, 0.717) is 6.61 Å². The van der Waals surface area contributed by atoms with Crippen molar-refractivity contribution in [2.24, 2.45) is 0 Å². The fourth-order valence-corrected chi connectivity index (χ4v) is 3.00. The number of sulfone groups is 1. The Hall–Kier alpha value is -1.54. The summed E-state index contributed by atoms with van der Waals surface area (Å²) in [6.45, 7) is 2.49.